The molecule has 1 saturated carbocycles. The van der Waals surface area contributed by atoms with Gasteiger partial charge in [-0.3, -0.25) is 0 Å². The number of rotatable bonds is 4. The van der Waals surface area contributed by atoms with Crippen LogP contribution in [0.4, 0.5) is 0 Å². The van der Waals surface area contributed by atoms with Crippen molar-refractivity contribution in [1.82, 2.24) is 5.32 Å². The molecule has 1 heterocycles. The van der Waals surface area contributed by atoms with Crippen molar-refractivity contribution in [3.8, 4) is 0 Å². The van der Waals surface area contributed by atoms with E-state index in [-0.39, 0.29) is 0 Å². The molecule has 1 fully saturated rings. The monoisotopic (exact) mass is 223 g/mol. The van der Waals surface area contributed by atoms with E-state index >= 15 is 0 Å². The van der Waals surface area contributed by atoms with Gasteiger partial charge >= 0.3 is 0 Å². The molecule has 16 heavy (non-hydrogen) atoms. The second kappa shape index (κ2) is 5.72. The van der Waals surface area contributed by atoms with Gasteiger partial charge in [-0.1, -0.05) is 26.7 Å². The van der Waals surface area contributed by atoms with Crippen molar-refractivity contribution >= 4 is 0 Å². The van der Waals surface area contributed by atoms with Crippen LogP contribution < -0.4 is 5.32 Å². The van der Waals surface area contributed by atoms with E-state index in [1.54, 1.807) is 0 Å². The van der Waals surface area contributed by atoms with Crippen LogP contribution >= 0.6 is 0 Å². The van der Waals surface area contributed by atoms with Crippen LogP contribution in [0.2, 0.25) is 0 Å². The Labute approximate surface area is 99.4 Å². The van der Waals surface area contributed by atoms with Gasteiger partial charge in [-0.2, -0.15) is 0 Å². The molecule has 1 atom stereocenters. The summed E-state index contributed by atoms with van der Waals surface area (Å²) >= 11 is 0. The molecule has 0 bridgehead atoms. The predicted octanol–water partition coefficient (Wildman–Crippen LogP) is 3.10. The zero-order chi connectivity index (χ0) is 11.4. The molecule has 1 unspecified atom stereocenters. The van der Waals surface area contributed by atoms with Crippen LogP contribution in [0.1, 0.15) is 46.0 Å². The van der Waals surface area contributed by atoms with Crippen molar-refractivity contribution < 1.29 is 4.74 Å². The summed E-state index contributed by atoms with van der Waals surface area (Å²) in [5, 5.41) is 3.62. The van der Waals surface area contributed by atoms with Crippen molar-refractivity contribution in [3.63, 3.8) is 0 Å². The predicted molar refractivity (Wildman–Crippen MR) is 67.2 cm³/mol. The molecule has 1 aliphatic carbocycles. The third kappa shape index (κ3) is 2.79. The summed E-state index contributed by atoms with van der Waals surface area (Å²) in [6.45, 7) is 6.50. The minimum absolute atomic E-state index is 0.486. The number of nitrogens with one attached hydrogen (secondary N) is 1. The molecule has 0 aromatic carbocycles. The molecule has 0 aromatic heterocycles. The fourth-order valence-electron chi connectivity index (χ4n) is 2.99. The maximum atomic E-state index is 5.75. The van der Waals surface area contributed by atoms with E-state index in [9.17, 15) is 0 Å². The molecule has 0 amide bonds. The Hall–Kier alpha value is -0.500. The zero-order valence-corrected chi connectivity index (χ0v) is 10.7. The first-order valence-electron chi connectivity index (χ1n) is 6.87. The molecule has 1 aliphatic heterocycles. The first kappa shape index (κ1) is 12.0. The number of ether oxygens (including phenoxy) is 1. The molecule has 92 valence electrons. The van der Waals surface area contributed by atoms with Crippen LogP contribution in [0.25, 0.3) is 0 Å². The lowest BCUT2D eigenvalue weighted by Gasteiger charge is -2.33. The minimum atomic E-state index is 0.486. The lowest BCUT2D eigenvalue weighted by Crippen LogP contribution is -2.39. The van der Waals surface area contributed by atoms with Gasteiger partial charge in [-0.15, -0.1) is 0 Å². The molecule has 2 nitrogen and oxygen atoms in total. The second-order valence-corrected chi connectivity index (χ2v) is 5.30. The van der Waals surface area contributed by atoms with Crippen molar-refractivity contribution in [3.05, 3.63) is 11.8 Å². The Balaban J connectivity index is 1.95. The molecule has 0 saturated heterocycles. The molecule has 0 aromatic rings. The van der Waals surface area contributed by atoms with Crippen LogP contribution in [0.15, 0.2) is 11.8 Å². The van der Waals surface area contributed by atoms with Crippen LogP contribution in [0, 0.1) is 11.8 Å². The van der Waals surface area contributed by atoms with Gasteiger partial charge in [0.15, 0.2) is 0 Å². The van der Waals surface area contributed by atoms with Gasteiger partial charge in [-0.25, -0.2) is 0 Å². The molecule has 2 rings (SSSR count). The summed E-state index contributed by atoms with van der Waals surface area (Å²) in [5.41, 5.74) is 0. The Kier molecular flexibility index (Phi) is 4.28. The van der Waals surface area contributed by atoms with E-state index in [0.717, 1.165) is 31.4 Å². The lowest BCUT2D eigenvalue weighted by molar-refractivity contribution is 0.166. The van der Waals surface area contributed by atoms with E-state index in [1.165, 1.54) is 31.4 Å². The summed E-state index contributed by atoms with van der Waals surface area (Å²) in [7, 11) is 0. The fraction of sp³-hybridized carbons (Fsp3) is 0.857. The quantitative estimate of drug-likeness (QED) is 0.790. The van der Waals surface area contributed by atoms with E-state index in [0.29, 0.717) is 6.04 Å². The van der Waals surface area contributed by atoms with E-state index in [1.807, 2.05) is 0 Å². The largest absolute Gasteiger partial charge is 0.496 e. The maximum absolute atomic E-state index is 5.75. The molecule has 1 N–H and O–H groups in total. The third-order valence-electron chi connectivity index (χ3n) is 3.99. The highest BCUT2D eigenvalue weighted by Crippen LogP contribution is 2.33. The molecular weight excluding hydrogens is 198 g/mol. The van der Waals surface area contributed by atoms with Gasteiger partial charge in [0, 0.05) is 6.42 Å². The third-order valence-corrected chi connectivity index (χ3v) is 3.99. The molecule has 0 radical (unpaired) electrons. The van der Waals surface area contributed by atoms with Gasteiger partial charge < -0.3 is 10.1 Å². The Morgan fingerprint density at radius 1 is 1.38 bits per heavy atom. The van der Waals surface area contributed by atoms with Crippen LogP contribution in [-0.4, -0.2) is 19.2 Å². The van der Waals surface area contributed by atoms with Gasteiger partial charge in [0.1, 0.15) is 5.76 Å². The van der Waals surface area contributed by atoms with E-state index < -0.39 is 0 Å². The Morgan fingerprint density at radius 2 is 2.12 bits per heavy atom. The summed E-state index contributed by atoms with van der Waals surface area (Å²) in [6, 6.07) is 0.486. The van der Waals surface area contributed by atoms with Gasteiger partial charge in [0.2, 0.25) is 0 Å². The molecular formula is C14H25NO. The number of likely N-dealkylation sites (N-methyl/N-ethyl adjacent to an activating group) is 1. The second-order valence-electron chi connectivity index (χ2n) is 5.30. The van der Waals surface area contributed by atoms with E-state index in [2.05, 4.69) is 25.2 Å². The standard InChI is InChI=1S/C14H25NO/c1-3-15-14(13-5-4-10-16-13)12-8-6-11(2)7-9-12/h5,11-12,14-15H,3-4,6-10H2,1-2H3. The van der Waals surface area contributed by atoms with Crippen molar-refractivity contribution in [1.29, 1.82) is 0 Å². The van der Waals surface area contributed by atoms with Crippen LogP contribution in [0.5, 0.6) is 0 Å². The summed E-state index contributed by atoms with van der Waals surface area (Å²) < 4.78 is 5.75. The Bertz CT molecular complexity index is 241. The fourth-order valence-corrected chi connectivity index (χ4v) is 2.99. The van der Waals surface area contributed by atoms with Crippen molar-refractivity contribution in [2.24, 2.45) is 11.8 Å². The number of hydrogen-bond acceptors (Lipinski definition) is 2. The smallest absolute Gasteiger partial charge is 0.109 e. The van der Waals surface area contributed by atoms with Crippen LogP contribution in [0.3, 0.4) is 0 Å². The molecule has 0 spiro atoms. The van der Waals surface area contributed by atoms with Crippen molar-refractivity contribution in [2.45, 2.75) is 52.0 Å². The van der Waals surface area contributed by atoms with Gasteiger partial charge in [0.25, 0.3) is 0 Å². The maximum Gasteiger partial charge on any atom is 0.109 e. The number of hydrogen-bond donors (Lipinski definition) is 1. The first-order chi connectivity index (χ1) is 7.81. The Morgan fingerprint density at radius 3 is 2.69 bits per heavy atom. The van der Waals surface area contributed by atoms with Gasteiger partial charge in [-0.05, 0) is 37.3 Å². The minimum Gasteiger partial charge on any atom is -0.496 e. The highest BCUT2D eigenvalue weighted by Gasteiger charge is 2.29. The lowest BCUT2D eigenvalue weighted by atomic mass is 9.78. The van der Waals surface area contributed by atoms with Crippen LogP contribution in [-0.2, 0) is 4.74 Å². The van der Waals surface area contributed by atoms with Gasteiger partial charge in [0.05, 0.1) is 12.6 Å². The molecule has 2 heteroatoms. The molecule has 2 aliphatic rings. The zero-order valence-electron chi connectivity index (χ0n) is 10.7. The average Bonchev–Trinajstić information content (AvgIpc) is 2.81. The summed E-state index contributed by atoms with van der Waals surface area (Å²) in [5.74, 6) is 2.94. The highest BCUT2D eigenvalue weighted by molar-refractivity contribution is 5.09. The normalized spacial score (nSPS) is 32.0. The van der Waals surface area contributed by atoms with E-state index in [4.69, 9.17) is 4.74 Å². The SMILES string of the molecule is CCNC(C1=CCCO1)C1CCC(C)CC1. The summed E-state index contributed by atoms with van der Waals surface area (Å²) in [4.78, 5) is 0. The summed E-state index contributed by atoms with van der Waals surface area (Å²) in [6.07, 6.45) is 8.88. The average molecular weight is 223 g/mol. The highest BCUT2D eigenvalue weighted by atomic mass is 16.5. The van der Waals surface area contributed by atoms with Crippen molar-refractivity contribution in [2.75, 3.05) is 13.2 Å². The first-order valence-corrected chi connectivity index (χ1v) is 6.87. The topological polar surface area (TPSA) is 21.3 Å².